The zero-order valence-corrected chi connectivity index (χ0v) is 18.1. The average molecular weight is 410 g/mol. The second-order valence-corrected chi connectivity index (χ2v) is 7.47. The number of amides is 2. The van der Waals surface area contributed by atoms with Gasteiger partial charge in [-0.25, -0.2) is 0 Å². The van der Waals surface area contributed by atoms with Crippen LogP contribution in [0.4, 0.5) is 5.69 Å². The number of rotatable bonds is 9. The van der Waals surface area contributed by atoms with Gasteiger partial charge in [-0.05, 0) is 43.3 Å². The molecule has 1 N–H and O–H groups in total. The number of carbonyl (C=O) groups is 2. The first kappa shape index (κ1) is 21.8. The SMILES string of the molecule is CCN(CC)Cc1ccccc1CNC(=O)CCN1C(=O)C(C)Oc2ccccc21. The Morgan fingerprint density at radius 2 is 1.73 bits per heavy atom. The molecule has 6 heteroatoms. The van der Waals surface area contributed by atoms with Crippen LogP contribution >= 0.6 is 0 Å². The number of nitrogens with one attached hydrogen (secondary N) is 1. The van der Waals surface area contributed by atoms with Crippen LogP contribution in [-0.2, 0) is 22.7 Å². The van der Waals surface area contributed by atoms with E-state index in [1.165, 1.54) is 5.56 Å². The van der Waals surface area contributed by atoms with Gasteiger partial charge in [-0.15, -0.1) is 0 Å². The summed E-state index contributed by atoms with van der Waals surface area (Å²) in [5, 5.41) is 3.01. The van der Waals surface area contributed by atoms with Crippen LogP contribution in [0.15, 0.2) is 48.5 Å². The number of hydrogen-bond acceptors (Lipinski definition) is 4. The maximum absolute atomic E-state index is 12.5. The van der Waals surface area contributed by atoms with Crippen LogP contribution in [0.1, 0.15) is 38.3 Å². The van der Waals surface area contributed by atoms with Crippen LogP contribution < -0.4 is 15.0 Å². The van der Waals surface area contributed by atoms with Gasteiger partial charge < -0.3 is 15.0 Å². The molecule has 1 aliphatic rings. The van der Waals surface area contributed by atoms with E-state index in [2.05, 4.69) is 36.2 Å². The molecule has 30 heavy (non-hydrogen) atoms. The molecular formula is C24H31N3O3. The lowest BCUT2D eigenvalue weighted by Gasteiger charge is -2.32. The molecule has 0 spiro atoms. The van der Waals surface area contributed by atoms with Crippen molar-refractivity contribution in [3.8, 4) is 5.75 Å². The molecule has 1 aliphatic heterocycles. The van der Waals surface area contributed by atoms with Gasteiger partial charge in [0.2, 0.25) is 5.91 Å². The highest BCUT2D eigenvalue weighted by Gasteiger charge is 2.31. The Hall–Kier alpha value is -2.86. The van der Waals surface area contributed by atoms with Gasteiger partial charge in [-0.1, -0.05) is 50.2 Å². The molecule has 0 bridgehead atoms. The topological polar surface area (TPSA) is 61.9 Å². The van der Waals surface area contributed by atoms with E-state index in [9.17, 15) is 9.59 Å². The third-order valence-electron chi connectivity index (χ3n) is 5.52. The monoisotopic (exact) mass is 409 g/mol. The minimum Gasteiger partial charge on any atom is -0.479 e. The maximum Gasteiger partial charge on any atom is 0.267 e. The Balaban J connectivity index is 1.58. The van der Waals surface area contributed by atoms with Gasteiger partial charge in [0.15, 0.2) is 6.10 Å². The number of para-hydroxylation sites is 2. The molecule has 2 amide bonds. The Bertz CT molecular complexity index is 880. The van der Waals surface area contributed by atoms with Crippen LogP contribution in [-0.4, -0.2) is 42.5 Å². The molecule has 2 aromatic carbocycles. The second-order valence-electron chi connectivity index (χ2n) is 7.47. The fourth-order valence-corrected chi connectivity index (χ4v) is 3.66. The van der Waals surface area contributed by atoms with Crippen molar-refractivity contribution in [1.82, 2.24) is 10.2 Å². The molecule has 1 unspecified atom stereocenters. The quantitative estimate of drug-likeness (QED) is 0.690. The number of nitrogens with zero attached hydrogens (tertiary/aromatic N) is 2. The second kappa shape index (κ2) is 10.3. The van der Waals surface area contributed by atoms with Crippen molar-refractivity contribution in [2.24, 2.45) is 0 Å². The number of hydrogen-bond donors (Lipinski definition) is 1. The van der Waals surface area contributed by atoms with E-state index in [1.54, 1.807) is 11.8 Å². The molecule has 0 aliphatic carbocycles. The molecule has 2 aromatic rings. The third kappa shape index (κ3) is 5.19. The van der Waals surface area contributed by atoms with E-state index in [0.29, 0.717) is 18.8 Å². The van der Waals surface area contributed by atoms with Crippen LogP contribution in [0, 0.1) is 0 Å². The normalized spacial score (nSPS) is 15.7. The van der Waals surface area contributed by atoms with Crippen molar-refractivity contribution >= 4 is 17.5 Å². The first-order chi connectivity index (χ1) is 14.5. The Morgan fingerprint density at radius 1 is 1.07 bits per heavy atom. The van der Waals surface area contributed by atoms with Crippen molar-refractivity contribution in [2.45, 2.75) is 46.4 Å². The van der Waals surface area contributed by atoms with Crippen LogP contribution in [0.25, 0.3) is 0 Å². The number of benzene rings is 2. The molecule has 0 saturated heterocycles. The van der Waals surface area contributed by atoms with Gasteiger partial charge >= 0.3 is 0 Å². The van der Waals surface area contributed by atoms with Crippen molar-refractivity contribution in [2.75, 3.05) is 24.5 Å². The number of ether oxygens (including phenoxy) is 1. The van der Waals surface area contributed by atoms with Crippen molar-refractivity contribution in [3.63, 3.8) is 0 Å². The summed E-state index contributed by atoms with van der Waals surface area (Å²) in [5.74, 6) is 0.485. The Morgan fingerprint density at radius 3 is 2.47 bits per heavy atom. The minimum atomic E-state index is -0.546. The highest BCUT2D eigenvalue weighted by Crippen LogP contribution is 2.33. The lowest BCUT2D eigenvalue weighted by atomic mass is 10.1. The number of anilines is 1. The maximum atomic E-state index is 12.5. The van der Waals surface area contributed by atoms with Crippen LogP contribution in [0.5, 0.6) is 5.75 Å². The number of carbonyl (C=O) groups excluding carboxylic acids is 2. The molecule has 3 rings (SSSR count). The zero-order valence-electron chi connectivity index (χ0n) is 18.1. The summed E-state index contributed by atoms with van der Waals surface area (Å²) in [4.78, 5) is 29.1. The lowest BCUT2D eigenvalue weighted by Crippen LogP contribution is -2.45. The highest BCUT2D eigenvalue weighted by molar-refractivity contribution is 6.00. The van der Waals surface area contributed by atoms with E-state index in [4.69, 9.17) is 4.74 Å². The molecule has 0 radical (unpaired) electrons. The summed E-state index contributed by atoms with van der Waals surface area (Å²) >= 11 is 0. The van der Waals surface area contributed by atoms with Crippen LogP contribution in [0.3, 0.4) is 0 Å². The van der Waals surface area contributed by atoms with E-state index in [1.807, 2.05) is 36.4 Å². The molecule has 0 fully saturated rings. The fraction of sp³-hybridized carbons (Fsp3) is 0.417. The van der Waals surface area contributed by atoms with E-state index < -0.39 is 6.10 Å². The van der Waals surface area contributed by atoms with E-state index in [-0.39, 0.29) is 18.2 Å². The standard InChI is InChI=1S/C24H31N3O3/c1-4-26(5-2)17-20-11-7-6-10-19(20)16-25-23(28)14-15-27-21-12-8-9-13-22(21)30-18(3)24(27)29/h6-13,18H,4-5,14-17H2,1-3H3,(H,25,28). The molecule has 1 heterocycles. The largest absolute Gasteiger partial charge is 0.479 e. The Kier molecular flexibility index (Phi) is 7.46. The summed E-state index contributed by atoms with van der Waals surface area (Å²) in [5.41, 5.74) is 3.07. The fourth-order valence-electron chi connectivity index (χ4n) is 3.66. The van der Waals surface area contributed by atoms with Gasteiger partial charge in [0.1, 0.15) is 5.75 Å². The summed E-state index contributed by atoms with van der Waals surface area (Å²) in [6, 6.07) is 15.6. The van der Waals surface area contributed by atoms with Gasteiger partial charge in [0, 0.05) is 26.1 Å². The van der Waals surface area contributed by atoms with Crippen molar-refractivity contribution in [3.05, 3.63) is 59.7 Å². The van der Waals surface area contributed by atoms with Gasteiger partial charge in [-0.3, -0.25) is 14.5 Å². The molecule has 0 aromatic heterocycles. The van der Waals surface area contributed by atoms with Gasteiger partial charge in [0.25, 0.3) is 5.91 Å². The van der Waals surface area contributed by atoms with E-state index >= 15 is 0 Å². The summed E-state index contributed by atoms with van der Waals surface area (Å²) in [6.45, 7) is 9.71. The summed E-state index contributed by atoms with van der Waals surface area (Å²) in [7, 11) is 0. The first-order valence-electron chi connectivity index (χ1n) is 10.7. The molecule has 6 nitrogen and oxygen atoms in total. The third-order valence-corrected chi connectivity index (χ3v) is 5.52. The molecule has 160 valence electrons. The van der Waals surface area contributed by atoms with Gasteiger partial charge in [-0.2, -0.15) is 0 Å². The number of fused-ring (bicyclic) bond motifs is 1. The average Bonchev–Trinajstić information content (AvgIpc) is 2.77. The van der Waals surface area contributed by atoms with Crippen LogP contribution in [0.2, 0.25) is 0 Å². The molecular weight excluding hydrogens is 378 g/mol. The van der Waals surface area contributed by atoms with Crippen molar-refractivity contribution < 1.29 is 14.3 Å². The lowest BCUT2D eigenvalue weighted by molar-refractivity contribution is -0.125. The smallest absolute Gasteiger partial charge is 0.267 e. The minimum absolute atomic E-state index is 0.0722. The zero-order chi connectivity index (χ0) is 21.5. The predicted molar refractivity (Wildman–Crippen MR) is 118 cm³/mol. The summed E-state index contributed by atoms with van der Waals surface area (Å²) in [6.07, 6.45) is -0.305. The van der Waals surface area contributed by atoms with Gasteiger partial charge in [0.05, 0.1) is 5.69 Å². The highest BCUT2D eigenvalue weighted by atomic mass is 16.5. The van der Waals surface area contributed by atoms with Crippen molar-refractivity contribution in [1.29, 1.82) is 0 Å². The van der Waals surface area contributed by atoms with E-state index in [0.717, 1.165) is 30.9 Å². The predicted octanol–water partition coefficient (Wildman–Crippen LogP) is 3.35. The Labute approximate surface area is 178 Å². The molecule has 0 saturated carbocycles. The molecule has 1 atom stereocenters. The summed E-state index contributed by atoms with van der Waals surface area (Å²) < 4.78 is 5.65. The first-order valence-corrected chi connectivity index (χ1v) is 10.7.